The van der Waals surface area contributed by atoms with Gasteiger partial charge in [-0.2, -0.15) is 0 Å². The van der Waals surface area contributed by atoms with Gasteiger partial charge in [0.1, 0.15) is 11.9 Å². The Kier molecular flexibility index (Phi) is 6.90. The highest BCUT2D eigenvalue weighted by atomic mass is 32.2. The fraction of sp³-hybridized carbons (Fsp3) is 0.154. The van der Waals surface area contributed by atoms with Crippen molar-refractivity contribution in [2.24, 2.45) is 7.05 Å². The van der Waals surface area contributed by atoms with Crippen molar-refractivity contribution in [2.45, 2.75) is 24.4 Å². The molecule has 0 aliphatic carbocycles. The van der Waals surface area contributed by atoms with E-state index in [0.29, 0.717) is 11.4 Å². The molecule has 8 heteroatoms. The summed E-state index contributed by atoms with van der Waals surface area (Å²) < 4.78 is 30.5. The summed E-state index contributed by atoms with van der Waals surface area (Å²) in [4.78, 5) is 17.7. The number of hydrogen-bond donors (Lipinski definition) is 2. The first kappa shape index (κ1) is 23.4. The predicted octanol–water partition coefficient (Wildman–Crippen LogP) is 3.73. The van der Waals surface area contributed by atoms with Gasteiger partial charge in [0.05, 0.1) is 4.90 Å². The molecule has 0 saturated heterocycles. The average Bonchev–Trinajstić information content (AvgIpc) is 3.28. The molecule has 1 atom stereocenters. The minimum Gasteiger partial charge on any atom is -0.338 e. The Morgan fingerprint density at radius 3 is 2.32 bits per heavy atom. The van der Waals surface area contributed by atoms with Crippen LogP contribution < -0.4 is 10.0 Å². The first-order valence-corrected chi connectivity index (χ1v) is 12.3. The van der Waals surface area contributed by atoms with Crippen molar-refractivity contribution in [1.29, 1.82) is 0 Å². The summed E-state index contributed by atoms with van der Waals surface area (Å²) in [6, 6.07) is 23.0. The maximum absolute atomic E-state index is 13.2. The average molecular weight is 475 g/mol. The minimum absolute atomic E-state index is 0.0735. The van der Waals surface area contributed by atoms with Crippen LogP contribution in [0.25, 0.3) is 0 Å². The number of nitrogens with zero attached hydrogens (tertiary/aromatic N) is 2. The Balaban J connectivity index is 1.60. The van der Waals surface area contributed by atoms with Gasteiger partial charge < -0.3 is 9.88 Å². The number of amides is 1. The summed E-state index contributed by atoms with van der Waals surface area (Å²) in [6.45, 7) is 1.87. The highest BCUT2D eigenvalue weighted by Gasteiger charge is 2.23. The molecule has 0 radical (unpaired) electrons. The molecule has 3 aromatic carbocycles. The molecule has 7 nitrogen and oxygen atoms in total. The molecule has 1 unspecified atom stereocenters. The second-order valence-electron chi connectivity index (χ2n) is 8.00. The quantitative estimate of drug-likeness (QED) is 0.407. The lowest BCUT2D eigenvalue weighted by Gasteiger charge is -2.19. The number of carbonyl (C=O) groups is 1. The Morgan fingerprint density at radius 1 is 1.00 bits per heavy atom. The van der Waals surface area contributed by atoms with E-state index in [0.717, 1.165) is 11.1 Å². The topological polar surface area (TPSA) is 93.1 Å². The molecular formula is C26H26N4O3S. The zero-order valence-electron chi connectivity index (χ0n) is 19.0. The summed E-state index contributed by atoms with van der Waals surface area (Å²) in [6.07, 6.45) is 3.48. The van der Waals surface area contributed by atoms with Gasteiger partial charge in [-0.1, -0.05) is 66.7 Å². The van der Waals surface area contributed by atoms with Gasteiger partial charge in [0.15, 0.2) is 0 Å². The lowest BCUT2D eigenvalue weighted by atomic mass is 10.0. The summed E-state index contributed by atoms with van der Waals surface area (Å²) in [7, 11) is -1.96. The normalized spacial score (nSPS) is 12.3. The van der Waals surface area contributed by atoms with Gasteiger partial charge in [-0.3, -0.25) is 4.79 Å². The van der Waals surface area contributed by atoms with Crippen LogP contribution in [0.4, 0.5) is 0 Å². The van der Waals surface area contributed by atoms with Crippen LogP contribution in [0.1, 0.15) is 38.9 Å². The molecule has 0 aliphatic heterocycles. The number of carbonyl (C=O) groups excluding carboxylic acids is 1. The highest BCUT2D eigenvalue weighted by molar-refractivity contribution is 7.89. The Hall–Kier alpha value is -3.75. The van der Waals surface area contributed by atoms with E-state index in [1.54, 1.807) is 25.3 Å². The number of imidazole rings is 1. The van der Waals surface area contributed by atoms with Gasteiger partial charge >= 0.3 is 0 Å². The first-order valence-electron chi connectivity index (χ1n) is 10.8. The summed E-state index contributed by atoms with van der Waals surface area (Å²) in [5.41, 5.74) is 2.52. The zero-order valence-corrected chi connectivity index (χ0v) is 19.8. The fourth-order valence-electron chi connectivity index (χ4n) is 3.69. The van der Waals surface area contributed by atoms with Crippen LogP contribution in [0.3, 0.4) is 0 Å². The molecule has 0 bridgehead atoms. The third kappa shape index (κ3) is 5.24. The molecule has 2 N–H and O–H groups in total. The third-order valence-corrected chi connectivity index (χ3v) is 7.12. The van der Waals surface area contributed by atoms with Crippen LogP contribution in [0.5, 0.6) is 0 Å². The van der Waals surface area contributed by atoms with Crippen LogP contribution in [0, 0.1) is 6.92 Å². The third-order valence-electron chi connectivity index (χ3n) is 5.57. The lowest BCUT2D eigenvalue weighted by Crippen LogP contribution is -2.31. The minimum atomic E-state index is -3.82. The molecule has 4 rings (SSSR count). The van der Waals surface area contributed by atoms with Gasteiger partial charge in [0.2, 0.25) is 10.0 Å². The number of aromatic nitrogens is 2. The Morgan fingerprint density at radius 2 is 1.68 bits per heavy atom. The SMILES string of the molecule is Cc1ccc(C(=O)NC(c2ccccc2)c2nccn2C)cc1S(=O)(=O)NCc1ccccc1. The molecule has 34 heavy (non-hydrogen) atoms. The van der Waals surface area contributed by atoms with Crippen LogP contribution in [-0.4, -0.2) is 23.9 Å². The van der Waals surface area contributed by atoms with Crippen molar-refractivity contribution >= 4 is 15.9 Å². The first-order chi connectivity index (χ1) is 16.3. The monoisotopic (exact) mass is 474 g/mol. The summed E-state index contributed by atoms with van der Waals surface area (Å²) in [5.74, 6) is 0.278. The molecule has 0 saturated carbocycles. The van der Waals surface area contributed by atoms with Crippen LogP contribution in [0.2, 0.25) is 0 Å². The molecule has 174 valence electrons. The van der Waals surface area contributed by atoms with Crippen LogP contribution >= 0.6 is 0 Å². The molecule has 1 amide bonds. The molecular weight excluding hydrogens is 448 g/mol. The van der Waals surface area contributed by atoms with E-state index in [1.807, 2.05) is 78.5 Å². The highest BCUT2D eigenvalue weighted by Crippen LogP contribution is 2.22. The molecule has 1 aromatic heterocycles. The number of sulfonamides is 1. The second kappa shape index (κ2) is 10.0. The van der Waals surface area contributed by atoms with Gasteiger partial charge in [0, 0.05) is 31.5 Å². The Labute approximate surface area is 199 Å². The lowest BCUT2D eigenvalue weighted by molar-refractivity contribution is 0.0941. The molecule has 0 fully saturated rings. The van der Waals surface area contributed by atoms with Crippen molar-refractivity contribution in [3.05, 3.63) is 119 Å². The van der Waals surface area contributed by atoms with E-state index in [1.165, 1.54) is 6.07 Å². The van der Waals surface area contributed by atoms with Crippen molar-refractivity contribution in [1.82, 2.24) is 19.6 Å². The largest absolute Gasteiger partial charge is 0.338 e. The van der Waals surface area contributed by atoms with E-state index in [9.17, 15) is 13.2 Å². The van der Waals surface area contributed by atoms with Gasteiger partial charge in [0.25, 0.3) is 5.91 Å². The van der Waals surface area contributed by atoms with E-state index >= 15 is 0 Å². The van der Waals surface area contributed by atoms with Crippen molar-refractivity contribution in [2.75, 3.05) is 0 Å². The number of hydrogen-bond acceptors (Lipinski definition) is 4. The molecule has 0 aliphatic rings. The standard InChI is InChI=1S/C26H26N4O3S/c1-19-13-14-22(17-23(19)34(32,33)28-18-20-9-5-3-6-10-20)26(31)29-24(21-11-7-4-8-12-21)25-27-15-16-30(25)2/h3-17,24,28H,18H2,1-2H3,(H,29,31). The second-order valence-corrected chi connectivity index (χ2v) is 9.74. The Bertz CT molecular complexity index is 1380. The van der Waals surface area contributed by atoms with Gasteiger partial charge in [-0.05, 0) is 35.7 Å². The number of benzene rings is 3. The van der Waals surface area contributed by atoms with E-state index in [-0.39, 0.29) is 17.0 Å². The zero-order chi connectivity index (χ0) is 24.1. The van der Waals surface area contributed by atoms with Crippen molar-refractivity contribution in [3.63, 3.8) is 0 Å². The van der Waals surface area contributed by atoms with E-state index in [2.05, 4.69) is 15.0 Å². The predicted molar refractivity (Wildman–Crippen MR) is 131 cm³/mol. The summed E-state index contributed by atoms with van der Waals surface area (Å²) in [5, 5.41) is 3.01. The smallest absolute Gasteiger partial charge is 0.252 e. The number of rotatable bonds is 8. The van der Waals surface area contributed by atoms with E-state index in [4.69, 9.17) is 0 Å². The van der Waals surface area contributed by atoms with Gasteiger partial charge in [-0.15, -0.1) is 0 Å². The van der Waals surface area contributed by atoms with Crippen LogP contribution in [0.15, 0.2) is 96.2 Å². The van der Waals surface area contributed by atoms with Gasteiger partial charge in [-0.25, -0.2) is 18.1 Å². The van der Waals surface area contributed by atoms with E-state index < -0.39 is 22.0 Å². The van der Waals surface area contributed by atoms with Crippen molar-refractivity contribution < 1.29 is 13.2 Å². The molecule has 1 heterocycles. The number of aryl methyl sites for hydroxylation is 2. The number of nitrogens with one attached hydrogen (secondary N) is 2. The fourth-order valence-corrected chi connectivity index (χ4v) is 4.98. The van der Waals surface area contributed by atoms with Crippen LogP contribution in [-0.2, 0) is 23.6 Å². The molecule has 0 spiro atoms. The molecule has 4 aromatic rings. The van der Waals surface area contributed by atoms with Crippen molar-refractivity contribution in [3.8, 4) is 0 Å². The summed E-state index contributed by atoms with van der Waals surface area (Å²) >= 11 is 0. The maximum Gasteiger partial charge on any atom is 0.252 e. The maximum atomic E-state index is 13.2.